The third-order valence-electron chi connectivity index (χ3n) is 5.38. The topological polar surface area (TPSA) is 119 Å². The molecular weight excluding hydrogens is 479 g/mol. The van der Waals surface area contributed by atoms with E-state index in [1.165, 1.54) is 38.5 Å². The van der Waals surface area contributed by atoms with Gasteiger partial charge in [0.1, 0.15) is 6.10 Å². The van der Waals surface area contributed by atoms with Crippen LogP contribution in [0.5, 0.6) is 0 Å². The lowest BCUT2D eigenvalue weighted by molar-refractivity contribution is -0.149. The molecule has 0 unspecified atom stereocenters. The second kappa shape index (κ2) is 24.1. The molecule has 8 nitrogen and oxygen atoms in total. The Bertz CT molecular complexity index is 529. The van der Waals surface area contributed by atoms with Gasteiger partial charge in [-0.1, -0.05) is 84.0 Å². The fraction of sp³-hybridized carbons (Fsp3) is 0.917. The van der Waals surface area contributed by atoms with Gasteiger partial charge in [-0.05, 0) is 25.0 Å². The first-order valence-corrected chi connectivity index (χ1v) is 15.6. The van der Waals surface area contributed by atoms with Crippen LogP contribution in [0, 0.1) is 0 Å². The molecule has 0 aliphatic carbocycles. The fourth-order valence-electron chi connectivity index (χ4n) is 3.48. The number of hydrogen-bond acceptors (Lipinski definition) is 7. The Kier molecular flexibility index (Phi) is 23.7. The Morgan fingerprint density at radius 2 is 1.44 bits per heavy atom. The average molecular weight is 527 g/mol. The van der Waals surface area contributed by atoms with E-state index < -0.39 is 13.9 Å². The average Bonchev–Trinajstić information content (AvgIpc) is 2.79. The number of carbonyl (C=O) groups excluding carboxylic acids is 2. The normalized spacial score (nSPS) is 12.4. The molecule has 0 saturated carbocycles. The van der Waals surface area contributed by atoms with Crippen molar-refractivity contribution < 1.29 is 37.9 Å². The van der Waals surface area contributed by atoms with Gasteiger partial charge in [0.05, 0.1) is 13.2 Å². The van der Waals surface area contributed by atoms with E-state index in [-0.39, 0.29) is 12.6 Å². The molecule has 0 radical (unpaired) electrons. The molecule has 0 saturated heterocycles. The lowest BCUT2D eigenvalue weighted by atomic mass is 10.1. The van der Waals surface area contributed by atoms with Crippen molar-refractivity contribution in [2.24, 2.45) is 0 Å². The number of carbonyl (C=O) groups is 2. The van der Waals surface area contributed by atoms with E-state index in [9.17, 15) is 14.2 Å². The zero-order valence-electron chi connectivity index (χ0n) is 21.0. The Labute approximate surface area is 210 Å². The minimum Gasteiger partial charge on any atom is -0.468 e. The molecule has 0 fully saturated rings. The summed E-state index contributed by atoms with van der Waals surface area (Å²) in [4.78, 5) is 40.2. The zero-order chi connectivity index (χ0) is 25.3. The van der Waals surface area contributed by atoms with Crippen molar-refractivity contribution in [3.8, 4) is 0 Å². The summed E-state index contributed by atoms with van der Waals surface area (Å²) in [5.41, 5.74) is 0. The third kappa shape index (κ3) is 26.0. The molecule has 0 rings (SSSR count). The summed E-state index contributed by atoms with van der Waals surface area (Å²) in [5, 5.41) is 0. The van der Waals surface area contributed by atoms with Crippen LogP contribution in [-0.4, -0.2) is 53.1 Å². The van der Waals surface area contributed by atoms with Crippen LogP contribution in [0.1, 0.15) is 110 Å². The summed E-state index contributed by atoms with van der Waals surface area (Å²) in [6.45, 7) is 2.87. The van der Waals surface area contributed by atoms with Crippen molar-refractivity contribution in [2.45, 2.75) is 116 Å². The highest BCUT2D eigenvalue weighted by Gasteiger charge is 2.21. The molecule has 0 aromatic carbocycles. The summed E-state index contributed by atoms with van der Waals surface area (Å²) >= 11 is 1.60. The van der Waals surface area contributed by atoms with Gasteiger partial charge in [-0.2, -0.15) is 11.8 Å². The number of ether oxygens (including phenoxy) is 2. The molecular formula is C24H47O8PS. The third-order valence-corrected chi connectivity index (χ3v) is 7.05. The van der Waals surface area contributed by atoms with Gasteiger partial charge in [0.15, 0.2) is 0 Å². The lowest BCUT2D eigenvalue weighted by Crippen LogP contribution is -2.25. The maximum Gasteiger partial charge on any atom is 0.469 e. The van der Waals surface area contributed by atoms with Crippen molar-refractivity contribution in [2.75, 3.05) is 24.7 Å². The maximum atomic E-state index is 12.2. The first-order chi connectivity index (χ1) is 16.4. The fourth-order valence-corrected chi connectivity index (χ4v) is 4.84. The van der Waals surface area contributed by atoms with Crippen molar-refractivity contribution >= 4 is 32.0 Å². The van der Waals surface area contributed by atoms with Crippen molar-refractivity contribution in [3.63, 3.8) is 0 Å². The summed E-state index contributed by atoms with van der Waals surface area (Å²) in [5.74, 6) is 1.00. The van der Waals surface area contributed by atoms with Crippen LogP contribution in [0.4, 0.5) is 0 Å². The van der Waals surface area contributed by atoms with Crippen LogP contribution >= 0.6 is 19.6 Å². The van der Waals surface area contributed by atoms with Crippen LogP contribution in [0.25, 0.3) is 0 Å². The molecule has 0 aromatic heterocycles. The molecule has 202 valence electrons. The Balaban J connectivity index is 3.94. The summed E-state index contributed by atoms with van der Waals surface area (Å²) in [7, 11) is -4.60. The largest absolute Gasteiger partial charge is 0.469 e. The number of esters is 1. The Morgan fingerprint density at radius 1 is 0.882 bits per heavy atom. The van der Waals surface area contributed by atoms with E-state index in [1.807, 2.05) is 0 Å². The predicted octanol–water partition coefficient (Wildman–Crippen LogP) is 6.18. The van der Waals surface area contributed by atoms with Gasteiger partial charge in [0, 0.05) is 12.2 Å². The standard InChI is InChI=1S/C24H47O8PS/c1-2-3-4-5-6-7-8-11-14-17-24(26)32-23(20-31-33(27,28)29)21-34-19-16-13-10-9-12-15-18-30-22-25/h22-23H,2-21H2,1H3,(H2,27,28,29)/t23-/m1/s1. The molecule has 0 aliphatic heterocycles. The highest BCUT2D eigenvalue weighted by Crippen LogP contribution is 2.36. The molecule has 2 N–H and O–H groups in total. The first-order valence-electron chi connectivity index (χ1n) is 12.9. The van der Waals surface area contributed by atoms with Crippen molar-refractivity contribution in [1.82, 2.24) is 0 Å². The predicted molar refractivity (Wildman–Crippen MR) is 137 cm³/mol. The van der Waals surface area contributed by atoms with Crippen LogP contribution < -0.4 is 0 Å². The van der Waals surface area contributed by atoms with Gasteiger partial charge in [0.2, 0.25) is 0 Å². The van der Waals surface area contributed by atoms with E-state index in [0.29, 0.717) is 25.3 Å². The SMILES string of the molecule is CCCCCCCCCCCC(=O)O[C@H](COP(=O)(O)O)CSCCCCCCCCOC=O. The highest BCUT2D eigenvalue weighted by atomic mass is 32.2. The second-order valence-electron chi connectivity index (χ2n) is 8.64. The Morgan fingerprint density at radius 3 is 2.03 bits per heavy atom. The molecule has 0 spiro atoms. The van der Waals surface area contributed by atoms with Gasteiger partial charge in [-0.25, -0.2) is 4.57 Å². The zero-order valence-corrected chi connectivity index (χ0v) is 22.7. The molecule has 0 aliphatic rings. The van der Waals surface area contributed by atoms with Crippen LogP contribution in [-0.2, 0) is 28.2 Å². The number of phosphoric acid groups is 1. The Hall–Kier alpha value is -0.600. The minimum absolute atomic E-state index is 0.302. The van der Waals surface area contributed by atoms with Crippen molar-refractivity contribution in [3.05, 3.63) is 0 Å². The van der Waals surface area contributed by atoms with Gasteiger partial charge in [0.25, 0.3) is 6.47 Å². The first kappa shape index (κ1) is 33.4. The van der Waals surface area contributed by atoms with E-state index in [0.717, 1.165) is 63.5 Å². The number of phosphoric ester groups is 1. The summed E-state index contributed by atoms with van der Waals surface area (Å²) < 4.78 is 25.7. The second-order valence-corrected chi connectivity index (χ2v) is 11.0. The van der Waals surface area contributed by atoms with Gasteiger partial charge in [-0.15, -0.1) is 0 Å². The maximum absolute atomic E-state index is 12.2. The smallest absolute Gasteiger partial charge is 0.468 e. The number of thioether (sulfide) groups is 1. The van der Waals surface area contributed by atoms with Crippen LogP contribution in [0.3, 0.4) is 0 Å². The number of unbranched alkanes of at least 4 members (excludes halogenated alkanes) is 13. The van der Waals surface area contributed by atoms with Crippen LogP contribution in [0.2, 0.25) is 0 Å². The quantitative estimate of drug-likeness (QED) is 0.0589. The molecule has 0 aromatic rings. The van der Waals surface area contributed by atoms with E-state index in [4.69, 9.17) is 14.5 Å². The van der Waals surface area contributed by atoms with Gasteiger partial charge >= 0.3 is 13.8 Å². The molecule has 34 heavy (non-hydrogen) atoms. The summed E-state index contributed by atoms with van der Waals surface area (Å²) in [6, 6.07) is 0. The number of rotatable bonds is 26. The molecule has 0 bridgehead atoms. The molecule has 0 amide bonds. The van der Waals surface area contributed by atoms with E-state index in [2.05, 4.69) is 16.2 Å². The number of hydrogen-bond donors (Lipinski definition) is 2. The lowest BCUT2D eigenvalue weighted by Gasteiger charge is -2.18. The van der Waals surface area contributed by atoms with Crippen LogP contribution in [0.15, 0.2) is 0 Å². The van der Waals surface area contributed by atoms with E-state index >= 15 is 0 Å². The monoisotopic (exact) mass is 526 g/mol. The minimum atomic E-state index is -4.60. The highest BCUT2D eigenvalue weighted by molar-refractivity contribution is 7.99. The molecule has 10 heteroatoms. The molecule has 0 heterocycles. The van der Waals surface area contributed by atoms with Gasteiger partial charge in [-0.3, -0.25) is 14.1 Å². The van der Waals surface area contributed by atoms with Gasteiger partial charge < -0.3 is 19.3 Å². The van der Waals surface area contributed by atoms with Crippen molar-refractivity contribution in [1.29, 1.82) is 0 Å². The molecule has 1 atom stereocenters. The van der Waals surface area contributed by atoms with E-state index in [1.54, 1.807) is 11.8 Å². The summed E-state index contributed by atoms with van der Waals surface area (Å²) in [6.07, 6.45) is 16.4.